The molecule has 96 valence electrons. The van der Waals surface area contributed by atoms with E-state index in [0.717, 1.165) is 0 Å². The molecule has 1 aromatic rings. The highest BCUT2D eigenvalue weighted by Crippen LogP contribution is 2.28. The van der Waals surface area contributed by atoms with Gasteiger partial charge >= 0.3 is 0 Å². The van der Waals surface area contributed by atoms with Gasteiger partial charge in [0.1, 0.15) is 5.82 Å². The minimum atomic E-state index is -0.525. The van der Waals surface area contributed by atoms with Gasteiger partial charge in [-0.15, -0.1) is 0 Å². The number of halogens is 1. The number of primary amides is 1. The summed E-state index contributed by atoms with van der Waals surface area (Å²) in [5, 5.41) is 0. The number of carbonyl (C=O) groups is 2. The maximum absolute atomic E-state index is 13.7. The van der Waals surface area contributed by atoms with Crippen LogP contribution >= 0.6 is 0 Å². The van der Waals surface area contributed by atoms with Crippen LogP contribution in [-0.2, 0) is 4.79 Å². The van der Waals surface area contributed by atoms with Crippen molar-refractivity contribution in [1.29, 1.82) is 0 Å². The van der Waals surface area contributed by atoms with Crippen molar-refractivity contribution < 1.29 is 14.0 Å². The van der Waals surface area contributed by atoms with Crippen molar-refractivity contribution in [3.8, 4) is 0 Å². The molecule has 0 aromatic heterocycles. The molecule has 0 bridgehead atoms. The first kappa shape index (κ1) is 12.5. The van der Waals surface area contributed by atoms with Crippen LogP contribution in [0.1, 0.15) is 23.7 Å². The molecule has 1 heterocycles. The van der Waals surface area contributed by atoms with Crippen molar-refractivity contribution in [2.24, 2.45) is 11.7 Å². The lowest BCUT2D eigenvalue weighted by molar-refractivity contribution is -0.121. The van der Waals surface area contributed by atoms with Crippen molar-refractivity contribution >= 4 is 17.4 Å². The third-order valence-corrected chi connectivity index (χ3v) is 3.27. The molecule has 1 aliphatic heterocycles. The Balaban J connectivity index is 2.32. The highest BCUT2D eigenvalue weighted by atomic mass is 19.1. The third kappa shape index (κ3) is 2.20. The van der Waals surface area contributed by atoms with Gasteiger partial charge < -0.3 is 10.6 Å². The van der Waals surface area contributed by atoms with E-state index in [1.54, 1.807) is 12.1 Å². The van der Waals surface area contributed by atoms with Gasteiger partial charge in [-0.05, 0) is 25.5 Å². The van der Waals surface area contributed by atoms with Gasteiger partial charge in [-0.1, -0.05) is 6.07 Å². The number of amides is 1. The summed E-state index contributed by atoms with van der Waals surface area (Å²) in [6, 6.07) is 4.53. The molecule has 2 N–H and O–H groups in total. The SMILES string of the molecule is CC(=O)c1c(F)cccc1N1CC[C@H](C(N)=O)C1. The average Bonchev–Trinajstić information content (AvgIpc) is 2.77. The van der Waals surface area contributed by atoms with Crippen LogP contribution in [0.3, 0.4) is 0 Å². The lowest BCUT2D eigenvalue weighted by Crippen LogP contribution is -2.28. The van der Waals surface area contributed by atoms with Crippen LogP contribution < -0.4 is 10.6 Å². The molecule has 1 atom stereocenters. The van der Waals surface area contributed by atoms with Crippen LogP contribution in [0.15, 0.2) is 18.2 Å². The van der Waals surface area contributed by atoms with E-state index in [0.29, 0.717) is 25.2 Å². The predicted octanol–water partition coefficient (Wildman–Crippen LogP) is 1.34. The standard InChI is InChI=1S/C13H15FN2O2/c1-8(17)12-10(14)3-2-4-11(12)16-6-5-9(7-16)13(15)18/h2-4,9H,5-7H2,1H3,(H2,15,18)/t9-/m0/s1. The lowest BCUT2D eigenvalue weighted by atomic mass is 10.1. The first-order chi connectivity index (χ1) is 8.50. The number of nitrogens with zero attached hydrogens (tertiary/aromatic N) is 1. The van der Waals surface area contributed by atoms with Gasteiger partial charge in [0.15, 0.2) is 5.78 Å². The van der Waals surface area contributed by atoms with E-state index in [1.807, 2.05) is 4.90 Å². The Morgan fingerprint density at radius 3 is 2.72 bits per heavy atom. The second kappa shape index (κ2) is 4.76. The average molecular weight is 250 g/mol. The number of Topliss-reactive ketones (excluding diaryl/α,β-unsaturated/α-hetero) is 1. The molecular weight excluding hydrogens is 235 g/mol. The normalized spacial score (nSPS) is 19.0. The number of carbonyl (C=O) groups excluding carboxylic acids is 2. The van der Waals surface area contributed by atoms with Crippen LogP contribution in [-0.4, -0.2) is 24.8 Å². The molecule has 0 unspecified atom stereocenters. The molecule has 1 saturated heterocycles. The number of hydrogen-bond acceptors (Lipinski definition) is 3. The Labute approximate surface area is 105 Å². The van der Waals surface area contributed by atoms with Gasteiger partial charge in [-0.2, -0.15) is 0 Å². The summed E-state index contributed by atoms with van der Waals surface area (Å²) in [7, 11) is 0. The van der Waals surface area contributed by atoms with Crippen LogP contribution in [0.4, 0.5) is 10.1 Å². The van der Waals surface area contributed by atoms with E-state index in [4.69, 9.17) is 5.73 Å². The molecule has 1 fully saturated rings. The van der Waals surface area contributed by atoms with Crippen molar-refractivity contribution in [2.45, 2.75) is 13.3 Å². The molecule has 2 rings (SSSR count). The van der Waals surface area contributed by atoms with Gasteiger partial charge in [0.25, 0.3) is 0 Å². The Bertz CT molecular complexity index is 502. The van der Waals surface area contributed by atoms with E-state index < -0.39 is 5.82 Å². The van der Waals surface area contributed by atoms with E-state index >= 15 is 0 Å². The number of anilines is 1. The fourth-order valence-electron chi connectivity index (χ4n) is 2.34. The van der Waals surface area contributed by atoms with Gasteiger partial charge in [-0.3, -0.25) is 9.59 Å². The molecule has 5 heteroatoms. The largest absolute Gasteiger partial charge is 0.370 e. The summed E-state index contributed by atoms with van der Waals surface area (Å²) >= 11 is 0. The molecular formula is C13H15FN2O2. The monoisotopic (exact) mass is 250 g/mol. The van der Waals surface area contributed by atoms with E-state index in [1.165, 1.54) is 13.0 Å². The van der Waals surface area contributed by atoms with Crippen LogP contribution in [0.5, 0.6) is 0 Å². The summed E-state index contributed by atoms with van der Waals surface area (Å²) in [4.78, 5) is 24.5. The van der Waals surface area contributed by atoms with Gasteiger partial charge in [0.2, 0.25) is 5.91 Å². The summed E-state index contributed by atoms with van der Waals surface area (Å²) in [6.07, 6.45) is 0.642. The molecule has 4 nitrogen and oxygen atoms in total. The number of ketones is 1. The first-order valence-corrected chi connectivity index (χ1v) is 5.84. The Morgan fingerprint density at radius 2 is 2.17 bits per heavy atom. The Morgan fingerprint density at radius 1 is 1.44 bits per heavy atom. The van der Waals surface area contributed by atoms with Crippen molar-refractivity contribution in [3.05, 3.63) is 29.6 Å². The molecule has 18 heavy (non-hydrogen) atoms. The Kier molecular flexibility index (Phi) is 3.32. The van der Waals surface area contributed by atoms with Crippen LogP contribution in [0.25, 0.3) is 0 Å². The maximum Gasteiger partial charge on any atom is 0.222 e. The van der Waals surface area contributed by atoms with Crippen molar-refractivity contribution in [3.63, 3.8) is 0 Å². The van der Waals surface area contributed by atoms with Crippen LogP contribution in [0.2, 0.25) is 0 Å². The van der Waals surface area contributed by atoms with E-state index in [2.05, 4.69) is 0 Å². The summed E-state index contributed by atoms with van der Waals surface area (Å²) < 4.78 is 13.7. The van der Waals surface area contributed by atoms with Crippen molar-refractivity contribution in [1.82, 2.24) is 0 Å². The molecule has 0 saturated carbocycles. The summed E-state index contributed by atoms with van der Waals surface area (Å²) in [5.74, 6) is -1.42. The fourth-order valence-corrected chi connectivity index (χ4v) is 2.34. The zero-order valence-corrected chi connectivity index (χ0v) is 10.1. The number of nitrogens with two attached hydrogens (primary N) is 1. The highest BCUT2D eigenvalue weighted by Gasteiger charge is 2.29. The maximum atomic E-state index is 13.7. The second-order valence-corrected chi connectivity index (χ2v) is 4.52. The molecule has 1 aromatic carbocycles. The van der Waals surface area contributed by atoms with E-state index in [-0.39, 0.29) is 23.2 Å². The minimum absolute atomic E-state index is 0.0858. The summed E-state index contributed by atoms with van der Waals surface area (Å²) in [6.45, 7) is 2.39. The minimum Gasteiger partial charge on any atom is -0.370 e. The molecule has 0 aliphatic carbocycles. The number of hydrogen-bond donors (Lipinski definition) is 1. The van der Waals surface area contributed by atoms with E-state index in [9.17, 15) is 14.0 Å². The lowest BCUT2D eigenvalue weighted by Gasteiger charge is -2.21. The number of rotatable bonds is 3. The molecule has 0 spiro atoms. The van der Waals surface area contributed by atoms with Gasteiger partial charge in [0.05, 0.1) is 17.2 Å². The predicted molar refractivity (Wildman–Crippen MR) is 65.9 cm³/mol. The topological polar surface area (TPSA) is 63.4 Å². The molecule has 1 aliphatic rings. The molecule has 1 amide bonds. The van der Waals surface area contributed by atoms with Gasteiger partial charge in [0, 0.05) is 13.1 Å². The summed E-state index contributed by atoms with van der Waals surface area (Å²) in [5.41, 5.74) is 5.89. The number of benzene rings is 1. The highest BCUT2D eigenvalue weighted by molar-refractivity contribution is 6.00. The second-order valence-electron chi connectivity index (χ2n) is 4.52. The third-order valence-electron chi connectivity index (χ3n) is 3.27. The van der Waals surface area contributed by atoms with Crippen LogP contribution in [0, 0.1) is 11.7 Å². The van der Waals surface area contributed by atoms with Crippen molar-refractivity contribution in [2.75, 3.05) is 18.0 Å². The zero-order chi connectivity index (χ0) is 13.3. The fraction of sp³-hybridized carbons (Fsp3) is 0.385. The first-order valence-electron chi connectivity index (χ1n) is 5.84. The molecule has 0 radical (unpaired) electrons. The quantitative estimate of drug-likeness (QED) is 0.823. The zero-order valence-electron chi connectivity index (χ0n) is 10.1. The van der Waals surface area contributed by atoms with Gasteiger partial charge in [-0.25, -0.2) is 4.39 Å². The Hall–Kier alpha value is -1.91. The smallest absolute Gasteiger partial charge is 0.222 e.